The van der Waals surface area contributed by atoms with Crippen LogP contribution < -0.4 is 5.32 Å². The largest absolute Gasteiger partial charge is 0.311 e. The van der Waals surface area contributed by atoms with Crippen LogP contribution in [0.15, 0.2) is 0 Å². The Morgan fingerprint density at radius 3 is 2.00 bits per heavy atom. The van der Waals surface area contributed by atoms with E-state index in [1.807, 2.05) is 0 Å². The minimum atomic E-state index is 0.726. The van der Waals surface area contributed by atoms with Crippen molar-refractivity contribution < 1.29 is 0 Å². The highest BCUT2D eigenvalue weighted by Gasteiger charge is 2.22. The van der Waals surface area contributed by atoms with E-state index in [2.05, 4.69) is 31.0 Å². The van der Waals surface area contributed by atoms with Crippen LogP contribution in [0.5, 0.6) is 0 Å². The average molecular weight is 297 g/mol. The number of piperazine rings is 1. The first-order valence-corrected chi connectivity index (χ1v) is 9.75. The van der Waals surface area contributed by atoms with Crippen molar-refractivity contribution in [1.29, 1.82) is 0 Å². The molecule has 0 aromatic heterocycles. The number of nitrogens with zero attached hydrogens (tertiary/aromatic N) is 1. The van der Waals surface area contributed by atoms with Gasteiger partial charge in [0.2, 0.25) is 0 Å². The molecule has 1 saturated heterocycles. The number of rotatable bonds is 12. The van der Waals surface area contributed by atoms with Gasteiger partial charge in [-0.25, -0.2) is 0 Å². The van der Waals surface area contributed by atoms with Gasteiger partial charge in [-0.15, -0.1) is 0 Å². The number of unbranched alkanes of at least 4 members (excludes halogenated alkanes) is 9. The van der Waals surface area contributed by atoms with Gasteiger partial charge in [-0.3, -0.25) is 4.90 Å². The third-order valence-electron chi connectivity index (χ3n) is 5.07. The van der Waals surface area contributed by atoms with Gasteiger partial charge in [-0.1, -0.05) is 71.6 Å². The fourth-order valence-electron chi connectivity index (χ4n) is 3.38. The molecule has 126 valence electrons. The highest BCUT2D eigenvalue weighted by molar-refractivity contribution is 4.82. The Labute approximate surface area is 134 Å². The molecule has 2 unspecified atom stereocenters. The van der Waals surface area contributed by atoms with Crippen LogP contribution in [0.25, 0.3) is 0 Å². The predicted molar refractivity (Wildman–Crippen MR) is 95.0 cm³/mol. The monoisotopic (exact) mass is 296 g/mol. The van der Waals surface area contributed by atoms with E-state index in [4.69, 9.17) is 0 Å². The van der Waals surface area contributed by atoms with Crippen LogP contribution in [-0.2, 0) is 0 Å². The average Bonchev–Trinajstić information content (AvgIpc) is 2.51. The van der Waals surface area contributed by atoms with Gasteiger partial charge in [0.25, 0.3) is 0 Å². The van der Waals surface area contributed by atoms with Gasteiger partial charge in [-0.05, 0) is 26.3 Å². The zero-order chi connectivity index (χ0) is 15.3. The fourth-order valence-corrected chi connectivity index (χ4v) is 3.38. The Hall–Kier alpha value is -0.0800. The Balaban J connectivity index is 1.91. The molecule has 1 N–H and O–H groups in total. The molecule has 2 heteroatoms. The van der Waals surface area contributed by atoms with Crippen LogP contribution >= 0.6 is 0 Å². The van der Waals surface area contributed by atoms with E-state index in [0.717, 1.165) is 12.1 Å². The molecule has 21 heavy (non-hydrogen) atoms. The van der Waals surface area contributed by atoms with Crippen molar-refractivity contribution >= 4 is 0 Å². The van der Waals surface area contributed by atoms with E-state index < -0.39 is 0 Å². The first-order valence-electron chi connectivity index (χ1n) is 9.75. The zero-order valence-corrected chi connectivity index (χ0v) is 15.0. The van der Waals surface area contributed by atoms with Crippen molar-refractivity contribution in [2.75, 3.05) is 19.6 Å². The normalized spacial score (nSPS) is 23.6. The minimum Gasteiger partial charge on any atom is -0.311 e. The lowest BCUT2D eigenvalue weighted by molar-refractivity contribution is 0.136. The van der Waals surface area contributed by atoms with E-state index in [1.54, 1.807) is 0 Å². The SMILES string of the molecule is CCCCCCCCCCCCN1CC(CC)NCC1C. The van der Waals surface area contributed by atoms with Crippen molar-refractivity contribution in [2.45, 2.75) is 103 Å². The molecule has 1 rings (SSSR count). The maximum Gasteiger partial charge on any atom is 0.0193 e. The van der Waals surface area contributed by atoms with E-state index in [0.29, 0.717) is 0 Å². The molecule has 2 nitrogen and oxygen atoms in total. The maximum absolute atomic E-state index is 3.65. The van der Waals surface area contributed by atoms with Gasteiger partial charge in [0, 0.05) is 25.2 Å². The number of hydrogen-bond acceptors (Lipinski definition) is 2. The molecule has 1 aliphatic heterocycles. The standard InChI is InChI=1S/C19H40N2/c1-4-6-7-8-9-10-11-12-13-14-15-21-17-19(5-2)20-16-18(21)3/h18-20H,4-17H2,1-3H3. The second-order valence-electron chi connectivity index (χ2n) is 7.04. The molecule has 2 atom stereocenters. The van der Waals surface area contributed by atoms with Crippen LogP contribution in [0.3, 0.4) is 0 Å². The van der Waals surface area contributed by atoms with Crippen LogP contribution in [0, 0.1) is 0 Å². The minimum absolute atomic E-state index is 0.726. The van der Waals surface area contributed by atoms with Crippen molar-refractivity contribution in [2.24, 2.45) is 0 Å². The molecule has 0 bridgehead atoms. The summed E-state index contributed by atoms with van der Waals surface area (Å²) in [4.78, 5) is 2.70. The van der Waals surface area contributed by atoms with E-state index in [-0.39, 0.29) is 0 Å². The first kappa shape index (κ1) is 19.0. The van der Waals surface area contributed by atoms with Gasteiger partial charge in [0.15, 0.2) is 0 Å². The molecule has 0 aromatic carbocycles. The van der Waals surface area contributed by atoms with Crippen molar-refractivity contribution in [1.82, 2.24) is 10.2 Å². The third-order valence-corrected chi connectivity index (χ3v) is 5.07. The molecule has 0 aromatic rings. The molecule has 1 heterocycles. The van der Waals surface area contributed by atoms with Gasteiger partial charge in [-0.2, -0.15) is 0 Å². The smallest absolute Gasteiger partial charge is 0.0193 e. The summed E-state index contributed by atoms with van der Waals surface area (Å²) in [6.45, 7) is 10.7. The highest BCUT2D eigenvalue weighted by atomic mass is 15.2. The summed E-state index contributed by atoms with van der Waals surface area (Å²) in [6, 6.07) is 1.45. The molecular weight excluding hydrogens is 256 g/mol. The topological polar surface area (TPSA) is 15.3 Å². The van der Waals surface area contributed by atoms with Crippen LogP contribution in [0.2, 0.25) is 0 Å². The Morgan fingerprint density at radius 2 is 1.43 bits per heavy atom. The summed E-state index contributed by atoms with van der Waals surface area (Å²) in [5.74, 6) is 0. The lowest BCUT2D eigenvalue weighted by atomic mass is 10.1. The van der Waals surface area contributed by atoms with Crippen LogP contribution in [0.1, 0.15) is 91.4 Å². The summed E-state index contributed by atoms with van der Waals surface area (Å²) in [5.41, 5.74) is 0. The summed E-state index contributed by atoms with van der Waals surface area (Å²) in [5, 5.41) is 3.65. The van der Waals surface area contributed by atoms with Gasteiger partial charge >= 0.3 is 0 Å². The zero-order valence-electron chi connectivity index (χ0n) is 15.0. The van der Waals surface area contributed by atoms with E-state index in [1.165, 1.54) is 90.3 Å². The summed E-state index contributed by atoms with van der Waals surface area (Å²) in [6.07, 6.45) is 15.6. The molecule has 1 aliphatic rings. The first-order chi connectivity index (χ1) is 10.3. The molecule has 0 aliphatic carbocycles. The fraction of sp³-hybridized carbons (Fsp3) is 1.00. The molecule has 0 spiro atoms. The van der Waals surface area contributed by atoms with Crippen molar-refractivity contribution in [3.63, 3.8) is 0 Å². The molecule has 0 saturated carbocycles. The van der Waals surface area contributed by atoms with Crippen molar-refractivity contribution in [3.8, 4) is 0 Å². The Kier molecular flexibility index (Phi) is 11.3. The molecule has 0 amide bonds. The summed E-state index contributed by atoms with van der Waals surface area (Å²) >= 11 is 0. The second-order valence-corrected chi connectivity index (χ2v) is 7.04. The van der Waals surface area contributed by atoms with Gasteiger partial charge in [0.1, 0.15) is 0 Å². The van der Waals surface area contributed by atoms with E-state index in [9.17, 15) is 0 Å². The lowest BCUT2D eigenvalue weighted by Gasteiger charge is -2.38. The Bertz CT molecular complexity index is 230. The summed E-state index contributed by atoms with van der Waals surface area (Å²) in [7, 11) is 0. The van der Waals surface area contributed by atoms with Crippen molar-refractivity contribution in [3.05, 3.63) is 0 Å². The summed E-state index contributed by atoms with van der Waals surface area (Å²) < 4.78 is 0. The van der Waals surface area contributed by atoms with E-state index >= 15 is 0 Å². The van der Waals surface area contributed by atoms with Crippen LogP contribution in [-0.4, -0.2) is 36.6 Å². The van der Waals surface area contributed by atoms with Gasteiger partial charge < -0.3 is 5.32 Å². The van der Waals surface area contributed by atoms with Gasteiger partial charge in [0.05, 0.1) is 0 Å². The molecule has 0 radical (unpaired) electrons. The third kappa shape index (κ3) is 8.83. The Morgan fingerprint density at radius 1 is 0.857 bits per heavy atom. The second kappa shape index (κ2) is 12.5. The lowest BCUT2D eigenvalue weighted by Crippen LogP contribution is -2.55. The number of hydrogen-bond donors (Lipinski definition) is 1. The molecule has 1 fully saturated rings. The highest BCUT2D eigenvalue weighted by Crippen LogP contribution is 2.13. The predicted octanol–water partition coefficient (Wildman–Crippen LogP) is 4.98. The maximum atomic E-state index is 3.65. The molecular formula is C19H40N2. The van der Waals surface area contributed by atoms with Crippen LogP contribution in [0.4, 0.5) is 0 Å². The quantitative estimate of drug-likeness (QED) is 0.511. The number of nitrogens with one attached hydrogen (secondary N) is 1.